The fourth-order valence-electron chi connectivity index (χ4n) is 2.70. The number of piperazine rings is 1. The predicted molar refractivity (Wildman–Crippen MR) is 72.4 cm³/mol. The van der Waals surface area contributed by atoms with Crippen molar-refractivity contribution in [3.8, 4) is 0 Å². The number of rotatable bonds is 4. The first kappa shape index (κ1) is 13.2. The molecule has 5 heteroatoms. The van der Waals surface area contributed by atoms with E-state index in [0.717, 1.165) is 32.6 Å². The van der Waals surface area contributed by atoms with Gasteiger partial charge in [0.25, 0.3) is 0 Å². The van der Waals surface area contributed by atoms with Gasteiger partial charge in [0.2, 0.25) is 5.91 Å². The lowest BCUT2D eigenvalue weighted by atomic mass is 10.2. The minimum Gasteiger partial charge on any atom is -0.351 e. The zero-order chi connectivity index (χ0) is 12.1. The molecule has 17 heavy (non-hydrogen) atoms. The Hall–Kier alpha value is -0.260. The van der Waals surface area contributed by atoms with Crippen LogP contribution in [0.4, 0.5) is 0 Å². The summed E-state index contributed by atoms with van der Waals surface area (Å²) in [4.78, 5) is 14.2. The highest BCUT2D eigenvalue weighted by atomic mass is 32.2. The van der Waals surface area contributed by atoms with Gasteiger partial charge in [-0.1, -0.05) is 6.42 Å². The third-order valence-electron chi connectivity index (χ3n) is 3.68. The summed E-state index contributed by atoms with van der Waals surface area (Å²) in [5, 5.41) is 7.13. The van der Waals surface area contributed by atoms with E-state index >= 15 is 0 Å². The average Bonchev–Trinajstić information content (AvgIpc) is 2.77. The highest BCUT2D eigenvalue weighted by Gasteiger charge is 2.28. The Morgan fingerprint density at radius 1 is 1.41 bits per heavy atom. The summed E-state index contributed by atoms with van der Waals surface area (Å²) in [5.74, 6) is 0.206. The van der Waals surface area contributed by atoms with E-state index in [1.54, 1.807) is 0 Å². The van der Waals surface area contributed by atoms with E-state index in [4.69, 9.17) is 0 Å². The van der Waals surface area contributed by atoms with Crippen molar-refractivity contribution in [1.82, 2.24) is 15.5 Å². The second kappa shape index (κ2) is 6.61. The first-order valence-electron chi connectivity index (χ1n) is 6.55. The molecule has 1 aliphatic heterocycles. The average molecular weight is 257 g/mol. The molecule has 1 amide bonds. The second-order valence-corrected chi connectivity index (χ2v) is 5.98. The van der Waals surface area contributed by atoms with Crippen LogP contribution in [-0.2, 0) is 4.79 Å². The maximum absolute atomic E-state index is 11.9. The monoisotopic (exact) mass is 257 g/mol. The van der Waals surface area contributed by atoms with Crippen LogP contribution in [0.2, 0.25) is 0 Å². The molecule has 0 radical (unpaired) electrons. The van der Waals surface area contributed by atoms with Crippen molar-refractivity contribution < 1.29 is 4.79 Å². The second-order valence-electron chi connectivity index (χ2n) is 4.91. The van der Waals surface area contributed by atoms with Crippen LogP contribution in [0.25, 0.3) is 0 Å². The molecule has 2 N–H and O–H groups in total. The Bertz CT molecular complexity index is 256. The molecule has 2 aliphatic rings. The number of nitrogens with zero attached hydrogens (tertiary/aromatic N) is 1. The minimum absolute atomic E-state index is 0.206. The van der Waals surface area contributed by atoms with Crippen molar-refractivity contribution in [2.45, 2.75) is 30.6 Å². The fraction of sp³-hybridized carbons (Fsp3) is 0.917. The molecule has 2 unspecified atom stereocenters. The molecule has 0 aromatic heterocycles. The number of hydrogen-bond acceptors (Lipinski definition) is 4. The topological polar surface area (TPSA) is 44.4 Å². The molecule has 1 saturated carbocycles. The highest BCUT2D eigenvalue weighted by Crippen LogP contribution is 2.28. The van der Waals surface area contributed by atoms with Crippen LogP contribution >= 0.6 is 11.8 Å². The fourth-order valence-corrected chi connectivity index (χ4v) is 3.63. The van der Waals surface area contributed by atoms with Gasteiger partial charge in [-0.2, -0.15) is 11.8 Å². The molecule has 0 bridgehead atoms. The smallest absolute Gasteiger partial charge is 0.234 e. The molecule has 1 heterocycles. The molecule has 0 aromatic rings. The molecule has 1 saturated heterocycles. The van der Waals surface area contributed by atoms with Crippen LogP contribution in [0.3, 0.4) is 0 Å². The predicted octanol–water partition coefficient (Wildman–Crippen LogP) is 0.292. The van der Waals surface area contributed by atoms with E-state index in [2.05, 4.69) is 21.8 Å². The number of carbonyl (C=O) groups excluding carboxylic acids is 1. The van der Waals surface area contributed by atoms with Gasteiger partial charge in [0.15, 0.2) is 0 Å². The summed E-state index contributed by atoms with van der Waals surface area (Å²) in [6, 6.07) is 0.403. The van der Waals surface area contributed by atoms with Crippen molar-refractivity contribution in [1.29, 1.82) is 0 Å². The Balaban J connectivity index is 1.72. The van der Waals surface area contributed by atoms with Crippen LogP contribution in [0.15, 0.2) is 0 Å². The molecule has 0 spiro atoms. The van der Waals surface area contributed by atoms with E-state index in [9.17, 15) is 4.79 Å². The Morgan fingerprint density at radius 2 is 2.18 bits per heavy atom. The third kappa shape index (κ3) is 3.86. The third-order valence-corrected chi connectivity index (χ3v) is 4.85. The Labute approximate surface area is 108 Å². The SMILES string of the molecule is CSC1CCCC1NC(=O)CN1CCNCC1. The molecule has 1 aliphatic carbocycles. The molecule has 2 fully saturated rings. The van der Waals surface area contributed by atoms with Gasteiger partial charge in [0, 0.05) is 37.5 Å². The summed E-state index contributed by atoms with van der Waals surface area (Å²) in [6.07, 6.45) is 5.80. The number of carbonyl (C=O) groups is 1. The van der Waals surface area contributed by atoms with Crippen LogP contribution in [-0.4, -0.2) is 61.1 Å². The number of nitrogens with one attached hydrogen (secondary N) is 2. The van der Waals surface area contributed by atoms with E-state index in [-0.39, 0.29) is 5.91 Å². The van der Waals surface area contributed by atoms with Crippen molar-refractivity contribution in [3.63, 3.8) is 0 Å². The lowest BCUT2D eigenvalue weighted by Gasteiger charge is -2.27. The molecular weight excluding hydrogens is 234 g/mol. The highest BCUT2D eigenvalue weighted by molar-refractivity contribution is 7.99. The molecule has 0 aromatic carbocycles. The normalized spacial score (nSPS) is 30.4. The molecule has 2 rings (SSSR count). The van der Waals surface area contributed by atoms with Gasteiger partial charge in [0.05, 0.1) is 6.54 Å². The first-order valence-corrected chi connectivity index (χ1v) is 7.83. The lowest BCUT2D eigenvalue weighted by Crippen LogP contribution is -2.49. The zero-order valence-corrected chi connectivity index (χ0v) is 11.4. The Morgan fingerprint density at radius 3 is 2.88 bits per heavy atom. The lowest BCUT2D eigenvalue weighted by molar-refractivity contribution is -0.123. The quantitative estimate of drug-likeness (QED) is 0.760. The van der Waals surface area contributed by atoms with Gasteiger partial charge in [-0.25, -0.2) is 0 Å². The van der Waals surface area contributed by atoms with Crippen LogP contribution in [0, 0.1) is 0 Å². The van der Waals surface area contributed by atoms with Gasteiger partial charge in [-0.3, -0.25) is 9.69 Å². The van der Waals surface area contributed by atoms with Crippen molar-refractivity contribution >= 4 is 17.7 Å². The van der Waals surface area contributed by atoms with Crippen LogP contribution < -0.4 is 10.6 Å². The number of hydrogen-bond donors (Lipinski definition) is 2. The summed E-state index contributed by atoms with van der Waals surface area (Å²) in [7, 11) is 0. The largest absolute Gasteiger partial charge is 0.351 e. The van der Waals surface area contributed by atoms with Gasteiger partial charge < -0.3 is 10.6 Å². The van der Waals surface area contributed by atoms with Crippen molar-refractivity contribution in [3.05, 3.63) is 0 Å². The summed E-state index contributed by atoms with van der Waals surface area (Å²) in [6.45, 7) is 4.56. The van der Waals surface area contributed by atoms with Gasteiger partial charge in [-0.05, 0) is 19.1 Å². The van der Waals surface area contributed by atoms with Gasteiger partial charge in [-0.15, -0.1) is 0 Å². The van der Waals surface area contributed by atoms with Gasteiger partial charge >= 0.3 is 0 Å². The zero-order valence-electron chi connectivity index (χ0n) is 10.6. The first-order chi connectivity index (χ1) is 8.29. The van der Waals surface area contributed by atoms with Crippen LogP contribution in [0.1, 0.15) is 19.3 Å². The van der Waals surface area contributed by atoms with Crippen molar-refractivity contribution in [2.24, 2.45) is 0 Å². The Kier molecular flexibility index (Phi) is 5.13. The van der Waals surface area contributed by atoms with Crippen molar-refractivity contribution in [2.75, 3.05) is 39.0 Å². The van der Waals surface area contributed by atoms with Gasteiger partial charge in [0.1, 0.15) is 0 Å². The van der Waals surface area contributed by atoms with E-state index in [0.29, 0.717) is 17.8 Å². The molecule has 2 atom stereocenters. The minimum atomic E-state index is 0.206. The number of amides is 1. The van der Waals surface area contributed by atoms with E-state index in [1.807, 2.05) is 11.8 Å². The summed E-state index contributed by atoms with van der Waals surface area (Å²) in [5.41, 5.74) is 0. The maximum Gasteiger partial charge on any atom is 0.234 e. The van der Waals surface area contributed by atoms with E-state index in [1.165, 1.54) is 12.8 Å². The maximum atomic E-state index is 11.9. The molecular formula is C12H23N3OS. The standard InChI is InChI=1S/C12H23N3OS/c1-17-11-4-2-3-10(11)14-12(16)9-15-7-5-13-6-8-15/h10-11,13H,2-9H2,1H3,(H,14,16). The van der Waals surface area contributed by atoms with E-state index < -0.39 is 0 Å². The number of thioether (sulfide) groups is 1. The summed E-state index contributed by atoms with van der Waals surface area (Å²) >= 11 is 1.89. The van der Waals surface area contributed by atoms with Crippen LogP contribution in [0.5, 0.6) is 0 Å². The molecule has 98 valence electrons. The molecule has 4 nitrogen and oxygen atoms in total. The summed E-state index contributed by atoms with van der Waals surface area (Å²) < 4.78 is 0.